The highest BCUT2D eigenvalue weighted by Gasteiger charge is 2.42. The van der Waals surface area contributed by atoms with E-state index in [1.165, 1.54) is 10.6 Å². The summed E-state index contributed by atoms with van der Waals surface area (Å²) >= 11 is 0. The van der Waals surface area contributed by atoms with Gasteiger partial charge in [0.1, 0.15) is 11.8 Å². The van der Waals surface area contributed by atoms with Crippen LogP contribution in [0.1, 0.15) is 63.6 Å². The highest BCUT2D eigenvalue weighted by Crippen LogP contribution is 2.48. The van der Waals surface area contributed by atoms with Crippen LogP contribution in [0.15, 0.2) is 84.1 Å². The molecule has 0 fully saturated rings. The molecule has 0 amide bonds. The highest BCUT2D eigenvalue weighted by atomic mass is 32.2. The van der Waals surface area contributed by atoms with E-state index in [4.69, 9.17) is 4.74 Å². The van der Waals surface area contributed by atoms with Crippen LogP contribution < -0.4 is 19.3 Å². The molecule has 0 saturated carbocycles. The second kappa shape index (κ2) is 11.2. The molecule has 0 radical (unpaired) electrons. The maximum atomic E-state index is 14.1. The lowest BCUT2D eigenvalue weighted by Gasteiger charge is -2.36. The van der Waals surface area contributed by atoms with Crippen LogP contribution >= 0.6 is 0 Å². The Bertz CT molecular complexity index is 1550. The summed E-state index contributed by atoms with van der Waals surface area (Å²) in [6.07, 6.45) is 2.09. The Morgan fingerprint density at radius 2 is 1.49 bits per heavy atom. The number of rotatable bonds is 7. The number of para-hydroxylation sites is 2. The molecule has 3 aromatic rings. The third kappa shape index (κ3) is 5.58. The molecule has 0 aromatic heterocycles. The van der Waals surface area contributed by atoms with Crippen LogP contribution in [0.2, 0.25) is 0 Å². The molecule has 1 N–H and O–H groups in total. The maximum Gasteiger partial charge on any atom is 0.233 e. The Morgan fingerprint density at radius 3 is 2.07 bits per heavy atom. The van der Waals surface area contributed by atoms with E-state index in [2.05, 4.69) is 37.9 Å². The second-order valence-corrected chi connectivity index (χ2v) is 13.3. The summed E-state index contributed by atoms with van der Waals surface area (Å²) < 4.78 is 33.8. The lowest BCUT2D eigenvalue weighted by molar-refractivity contribution is -0.116. The van der Waals surface area contributed by atoms with Gasteiger partial charge in [0.25, 0.3) is 0 Å². The first kappa shape index (κ1) is 28.7. The van der Waals surface area contributed by atoms with Gasteiger partial charge in [-0.2, -0.15) is 0 Å². The van der Waals surface area contributed by atoms with E-state index in [0.717, 1.165) is 28.3 Å². The fourth-order valence-electron chi connectivity index (χ4n) is 6.36. The minimum absolute atomic E-state index is 0.0368. The molecule has 7 nitrogen and oxygen atoms in total. The van der Waals surface area contributed by atoms with Gasteiger partial charge in [-0.3, -0.25) is 9.10 Å². The van der Waals surface area contributed by atoms with Crippen molar-refractivity contribution in [3.05, 3.63) is 95.2 Å². The van der Waals surface area contributed by atoms with Crippen LogP contribution in [0.25, 0.3) is 0 Å². The molecule has 1 aliphatic heterocycles. The third-order valence-electron chi connectivity index (χ3n) is 8.01. The number of nitrogens with zero attached hydrogens (tertiary/aromatic N) is 2. The Balaban J connectivity index is 1.66. The zero-order valence-electron chi connectivity index (χ0n) is 24.6. The SMILES string of the molecule is COc1ccc(C2CC(=O)C3=C(C2)Nc2ccccc2N(S(C)(=O)=O)C3c2ccc(N(C(C)C)C(C)C)cc2)cc1. The van der Waals surface area contributed by atoms with Gasteiger partial charge in [0, 0.05) is 35.5 Å². The number of allylic oxidation sites excluding steroid dienone is 1. The predicted octanol–water partition coefficient (Wildman–Crippen LogP) is 6.65. The zero-order chi connectivity index (χ0) is 29.5. The number of hydrogen-bond donors (Lipinski definition) is 1. The van der Waals surface area contributed by atoms with Crippen LogP contribution in [-0.4, -0.2) is 39.7 Å². The number of nitrogens with one attached hydrogen (secondary N) is 1. The Labute approximate surface area is 243 Å². The van der Waals surface area contributed by atoms with Gasteiger partial charge in [-0.05, 0) is 87.6 Å². The van der Waals surface area contributed by atoms with Gasteiger partial charge in [0.05, 0.1) is 24.7 Å². The van der Waals surface area contributed by atoms with Gasteiger partial charge in [0.15, 0.2) is 5.78 Å². The average Bonchev–Trinajstić information content (AvgIpc) is 3.08. The lowest BCUT2D eigenvalue weighted by atomic mass is 9.78. The van der Waals surface area contributed by atoms with E-state index >= 15 is 0 Å². The van der Waals surface area contributed by atoms with Gasteiger partial charge in [-0.25, -0.2) is 8.42 Å². The summed E-state index contributed by atoms with van der Waals surface area (Å²) in [5.41, 5.74) is 5.33. The van der Waals surface area contributed by atoms with Gasteiger partial charge in [0.2, 0.25) is 10.0 Å². The molecule has 0 bridgehead atoms. The van der Waals surface area contributed by atoms with Crippen molar-refractivity contribution in [1.82, 2.24) is 0 Å². The highest BCUT2D eigenvalue weighted by molar-refractivity contribution is 7.92. The number of hydrogen-bond acceptors (Lipinski definition) is 6. The normalized spacial score (nSPS) is 19.0. The molecule has 2 aliphatic rings. The summed E-state index contributed by atoms with van der Waals surface area (Å²) in [5.74, 6) is 0.671. The van der Waals surface area contributed by atoms with Crippen molar-refractivity contribution in [1.29, 1.82) is 0 Å². The summed E-state index contributed by atoms with van der Waals surface area (Å²) in [7, 11) is -2.15. The van der Waals surface area contributed by atoms with Crippen molar-refractivity contribution in [2.75, 3.05) is 27.9 Å². The molecule has 2 unspecified atom stereocenters. The van der Waals surface area contributed by atoms with E-state index in [9.17, 15) is 13.2 Å². The van der Waals surface area contributed by atoms with E-state index < -0.39 is 16.1 Å². The monoisotopic (exact) mass is 573 g/mol. The molecule has 0 spiro atoms. The quantitative estimate of drug-likeness (QED) is 0.341. The number of fused-ring (bicyclic) bond motifs is 1. The van der Waals surface area contributed by atoms with Gasteiger partial charge in [-0.1, -0.05) is 36.4 Å². The largest absolute Gasteiger partial charge is 0.497 e. The number of anilines is 3. The van der Waals surface area contributed by atoms with Gasteiger partial charge < -0.3 is 15.0 Å². The van der Waals surface area contributed by atoms with Crippen molar-refractivity contribution >= 4 is 32.9 Å². The molecule has 8 heteroatoms. The first-order valence-electron chi connectivity index (χ1n) is 14.1. The number of carbonyl (C=O) groups excluding carboxylic acids is 1. The average molecular weight is 574 g/mol. The van der Waals surface area contributed by atoms with Gasteiger partial charge >= 0.3 is 0 Å². The maximum absolute atomic E-state index is 14.1. The molecular weight excluding hydrogens is 534 g/mol. The van der Waals surface area contributed by atoms with Gasteiger partial charge in [-0.15, -0.1) is 0 Å². The zero-order valence-corrected chi connectivity index (χ0v) is 25.4. The Morgan fingerprint density at radius 1 is 0.878 bits per heavy atom. The third-order valence-corrected chi connectivity index (χ3v) is 9.13. The first-order chi connectivity index (χ1) is 19.5. The van der Waals surface area contributed by atoms with Crippen molar-refractivity contribution in [3.8, 4) is 5.75 Å². The summed E-state index contributed by atoms with van der Waals surface area (Å²) in [6, 6.07) is 23.0. The minimum Gasteiger partial charge on any atom is -0.497 e. The summed E-state index contributed by atoms with van der Waals surface area (Å²) in [6.45, 7) is 8.63. The van der Waals surface area contributed by atoms with E-state index in [0.29, 0.717) is 41.9 Å². The van der Waals surface area contributed by atoms with E-state index in [1.807, 2.05) is 66.7 Å². The molecule has 2 atom stereocenters. The topological polar surface area (TPSA) is 79.0 Å². The van der Waals surface area contributed by atoms with Crippen molar-refractivity contribution < 1.29 is 17.9 Å². The molecule has 1 heterocycles. The second-order valence-electron chi connectivity index (χ2n) is 11.5. The number of ketones is 1. The number of benzene rings is 3. The fraction of sp³-hybridized carbons (Fsp3) is 0.364. The number of Topliss-reactive ketones (excluding diaryl/α,β-unsaturated/α-hetero) is 1. The first-order valence-corrected chi connectivity index (χ1v) is 16.0. The van der Waals surface area contributed by atoms with Crippen LogP contribution in [0, 0.1) is 0 Å². The smallest absolute Gasteiger partial charge is 0.233 e. The van der Waals surface area contributed by atoms with E-state index in [-0.39, 0.29) is 11.7 Å². The number of carbonyl (C=O) groups is 1. The predicted molar refractivity (Wildman–Crippen MR) is 166 cm³/mol. The number of methoxy groups -OCH3 is 1. The summed E-state index contributed by atoms with van der Waals surface area (Å²) in [4.78, 5) is 16.4. The number of sulfonamides is 1. The Hall–Kier alpha value is -3.78. The molecule has 5 rings (SSSR count). The molecule has 1 aliphatic carbocycles. The Kier molecular flexibility index (Phi) is 7.88. The fourth-order valence-corrected chi connectivity index (χ4v) is 7.49. The molecular formula is C33H39N3O4S. The van der Waals surface area contributed by atoms with Crippen LogP contribution in [0.4, 0.5) is 17.1 Å². The van der Waals surface area contributed by atoms with Crippen molar-refractivity contribution in [2.24, 2.45) is 0 Å². The van der Waals surface area contributed by atoms with E-state index in [1.54, 1.807) is 13.2 Å². The molecule has 216 valence electrons. The standard InChI is InChI=1S/C33H39N3O4S/c1-21(2)35(22(3)4)26-15-11-24(12-16-26)33-32-29(34-28-9-7-8-10-30(28)36(33)41(6,38)39)19-25(20-31(32)37)23-13-17-27(40-5)18-14-23/h7-18,21-22,25,33-34H,19-20H2,1-6H3. The summed E-state index contributed by atoms with van der Waals surface area (Å²) in [5, 5.41) is 3.50. The van der Waals surface area contributed by atoms with Crippen LogP contribution in [0.3, 0.4) is 0 Å². The number of ether oxygens (including phenoxy) is 1. The van der Waals surface area contributed by atoms with Crippen molar-refractivity contribution in [3.63, 3.8) is 0 Å². The molecule has 3 aromatic carbocycles. The van der Waals surface area contributed by atoms with Crippen LogP contribution in [-0.2, 0) is 14.8 Å². The lowest BCUT2D eigenvalue weighted by Crippen LogP contribution is -2.38. The molecule has 0 saturated heterocycles. The molecule has 41 heavy (non-hydrogen) atoms. The minimum atomic E-state index is -3.78. The van der Waals surface area contributed by atoms with Crippen molar-refractivity contribution in [2.45, 2.75) is 64.6 Å². The van der Waals surface area contributed by atoms with Crippen LogP contribution in [0.5, 0.6) is 5.75 Å².